The van der Waals surface area contributed by atoms with E-state index in [0.29, 0.717) is 0 Å². The van der Waals surface area contributed by atoms with E-state index < -0.39 is 8.07 Å². The van der Waals surface area contributed by atoms with E-state index in [0.717, 1.165) is 0 Å². The van der Waals surface area contributed by atoms with Crippen LogP contribution in [-0.4, -0.2) is 8.07 Å². The second-order valence-electron chi connectivity index (χ2n) is 7.42. The van der Waals surface area contributed by atoms with Crippen molar-refractivity contribution in [2.45, 2.75) is 77.8 Å². The highest BCUT2D eigenvalue weighted by molar-refractivity contribution is 7.02. The number of hydrogen-bond donors (Lipinski definition) is 0. The predicted octanol–water partition coefficient (Wildman–Crippen LogP) is 6.19. The van der Waals surface area contributed by atoms with Gasteiger partial charge >= 0.3 is 0 Å². The predicted molar refractivity (Wildman–Crippen MR) is 116 cm³/mol. The molecule has 0 unspecified atom stereocenters. The smallest absolute Gasteiger partial charge is 0.0654 e. The van der Waals surface area contributed by atoms with Crippen molar-refractivity contribution in [1.82, 2.24) is 0 Å². The lowest BCUT2D eigenvalue weighted by Crippen LogP contribution is -2.59. The summed E-state index contributed by atoms with van der Waals surface area (Å²) in [5.41, 5.74) is 1.63. The highest BCUT2D eigenvalue weighted by atomic mass is 28.3. The number of rotatable bonds is 11. The SMILES string of the molecule is CCCCc1ccccc1[Si](CCCC)(CCCC)c1ccccc1. The first kappa shape index (κ1) is 20.0. The van der Waals surface area contributed by atoms with E-state index in [1.165, 1.54) is 57.0 Å². The molecule has 0 fully saturated rings. The molecule has 0 radical (unpaired) electrons. The zero-order valence-electron chi connectivity index (χ0n) is 16.6. The van der Waals surface area contributed by atoms with Gasteiger partial charge in [-0.3, -0.25) is 0 Å². The lowest BCUT2D eigenvalue weighted by atomic mass is 10.1. The van der Waals surface area contributed by atoms with Gasteiger partial charge in [-0.1, -0.05) is 118 Å². The molecular formula is C24H36Si. The maximum absolute atomic E-state index is 2.48. The van der Waals surface area contributed by atoms with E-state index in [4.69, 9.17) is 0 Å². The van der Waals surface area contributed by atoms with Gasteiger partial charge in [-0.05, 0) is 30.5 Å². The molecule has 2 aromatic rings. The van der Waals surface area contributed by atoms with Crippen LogP contribution in [0.4, 0.5) is 0 Å². The first-order valence-corrected chi connectivity index (χ1v) is 12.8. The molecule has 0 bridgehead atoms. The molecule has 0 saturated carbocycles. The fourth-order valence-electron chi connectivity index (χ4n) is 4.13. The molecule has 0 aliphatic heterocycles. The molecule has 0 aliphatic carbocycles. The van der Waals surface area contributed by atoms with Crippen molar-refractivity contribution in [3.8, 4) is 0 Å². The third-order valence-corrected chi connectivity index (χ3v) is 10.9. The summed E-state index contributed by atoms with van der Waals surface area (Å²) in [6.07, 6.45) is 9.12. The molecule has 136 valence electrons. The highest BCUT2D eigenvalue weighted by Crippen LogP contribution is 2.24. The Morgan fingerprint density at radius 1 is 0.640 bits per heavy atom. The van der Waals surface area contributed by atoms with Gasteiger partial charge in [0.2, 0.25) is 0 Å². The van der Waals surface area contributed by atoms with Gasteiger partial charge in [-0.15, -0.1) is 0 Å². The standard InChI is InChI=1S/C24H36Si/c1-4-7-15-22-16-13-14-19-24(22)25(20-8-5-2,21-9-6-3)23-17-11-10-12-18-23/h10-14,16-19H,4-9,15,20-21H2,1-3H3. The number of aryl methyl sites for hydroxylation is 1. The van der Waals surface area contributed by atoms with E-state index >= 15 is 0 Å². The molecule has 0 nitrogen and oxygen atoms in total. The summed E-state index contributed by atoms with van der Waals surface area (Å²) in [5.74, 6) is 0. The Kier molecular flexibility index (Phi) is 8.47. The molecule has 25 heavy (non-hydrogen) atoms. The zero-order chi connectivity index (χ0) is 18.0. The van der Waals surface area contributed by atoms with E-state index in [1.807, 2.05) is 0 Å². The van der Waals surface area contributed by atoms with E-state index in [2.05, 4.69) is 75.4 Å². The van der Waals surface area contributed by atoms with Crippen molar-refractivity contribution < 1.29 is 0 Å². The molecule has 0 amide bonds. The van der Waals surface area contributed by atoms with Gasteiger partial charge < -0.3 is 0 Å². The Bertz CT molecular complexity index is 595. The van der Waals surface area contributed by atoms with Crippen LogP contribution >= 0.6 is 0 Å². The molecule has 0 heterocycles. The Morgan fingerprint density at radius 3 is 1.80 bits per heavy atom. The van der Waals surface area contributed by atoms with Crippen molar-refractivity contribution in [2.75, 3.05) is 0 Å². The first-order chi connectivity index (χ1) is 12.3. The lowest BCUT2D eigenvalue weighted by molar-refractivity contribution is 0.795. The first-order valence-electron chi connectivity index (χ1n) is 10.4. The molecule has 0 atom stereocenters. The van der Waals surface area contributed by atoms with Crippen LogP contribution in [0.25, 0.3) is 0 Å². The Labute approximate surface area is 156 Å². The zero-order valence-corrected chi connectivity index (χ0v) is 17.6. The van der Waals surface area contributed by atoms with Gasteiger partial charge in [0.25, 0.3) is 0 Å². The fraction of sp³-hybridized carbons (Fsp3) is 0.500. The summed E-state index contributed by atoms with van der Waals surface area (Å²) in [6.45, 7) is 6.98. The third kappa shape index (κ3) is 5.07. The van der Waals surface area contributed by atoms with Crippen LogP contribution in [0.15, 0.2) is 54.6 Å². The highest BCUT2D eigenvalue weighted by Gasteiger charge is 2.37. The molecule has 0 spiro atoms. The summed E-state index contributed by atoms with van der Waals surface area (Å²) in [7, 11) is -1.68. The maximum Gasteiger partial charge on any atom is 0.118 e. The second-order valence-corrected chi connectivity index (χ2v) is 11.7. The Morgan fingerprint density at radius 2 is 1.20 bits per heavy atom. The molecule has 2 rings (SSSR count). The normalized spacial score (nSPS) is 11.6. The van der Waals surface area contributed by atoms with Crippen LogP contribution in [0.1, 0.15) is 64.9 Å². The number of hydrogen-bond acceptors (Lipinski definition) is 0. The van der Waals surface area contributed by atoms with Crippen LogP contribution in [0.2, 0.25) is 12.1 Å². The van der Waals surface area contributed by atoms with Crippen molar-refractivity contribution >= 4 is 18.4 Å². The van der Waals surface area contributed by atoms with Gasteiger partial charge in [-0.25, -0.2) is 0 Å². The topological polar surface area (TPSA) is 0 Å². The van der Waals surface area contributed by atoms with Crippen molar-refractivity contribution in [3.63, 3.8) is 0 Å². The summed E-state index contributed by atoms with van der Waals surface area (Å²) in [4.78, 5) is 0. The van der Waals surface area contributed by atoms with Crippen LogP contribution in [0.5, 0.6) is 0 Å². The average Bonchev–Trinajstić information content (AvgIpc) is 2.68. The molecule has 0 N–H and O–H groups in total. The van der Waals surface area contributed by atoms with E-state index in [-0.39, 0.29) is 0 Å². The molecule has 0 saturated heterocycles. The van der Waals surface area contributed by atoms with Gasteiger partial charge in [-0.2, -0.15) is 0 Å². The van der Waals surface area contributed by atoms with Crippen LogP contribution < -0.4 is 10.4 Å². The van der Waals surface area contributed by atoms with Gasteiger partial charge in [0.05, 0.1) is 0 Å². The Balaban J connectivity index is 2.56. The monoisotopic (exact) mass is 352 g/mol. The average molecular weight is 353 g/mol. The Hall–Kier alpha value is -1.34. The largest absolute Gasteiger partial charge is 0.118 e. The summed E-state index contributed by atoms with van der Waals surface area (Å²) < 4.78 is 0. The van der Waals surface area contributed by atoms with Crippen molar-refractivity contribution in [1.29, 1.82) is 0 Å². The second kappa shape index (κ2) is 10.6. The van der Waals surface area contributed by atoms with Crippen molar-refractivity contribution in [3.05, 3.63) is 60.2 Å². The maximum atomic E-state index is 2.48. The fourth-order valence-corrected chi connectivity index (χ4v) is 9.79. The van der Waals surface area contributed by atoms with Crippen molar-refractivity contribution in [2.24, 2.45) is 0 Å². The van der Waals surface area contributed by atoms with Gasteiger partial charge in [0.15, 0.2) is 0 Å². The minimum absolute atomic E-state index is 1.24. The van der Waals surface area contributed by atoms with Crippen LogP contribution in [0.3, 0.4) is 0 Å². The van der Waals surface area contributed by atoms with Gasteiger partial charge in [0, 0.05) is 0 Å². The molecular weight excluding hydrogens is 316 g/mol. The molecule has 0 aliphatic rings. The van der Waals surface area contributed by atoms with E-state index in [1.54, 1.807) is 15.9 Å². The van der Waals surface area contributed by atoms with Gasteiger partial charge in [0.1, 0.15) is 8.07 Å². The quantitative estimate of drug-likeness (QED) is 0.423. The third-order valence-electron chi connectivity index (χ3n) is 5.57. The lowest BCUT2D eigenvalue weighted by Gasteiger charge is -2.35. The summed E-state index contributed by atoms with van der Waals surface area (Å²) in [6, 6.07) is 23.8. The van der Waals surface area contributed by atoms with E-state index in [9.17, 15) is 0 Å². The molecule has 0 aromatic heterocycles. The number of unbranched alkanes of at least 4 members (excludes halogenated alkanes) is 3. The minimum Gasteiger partial charge on any atom is -0.0654 e. The van der Waals surface area contributed by atoms with Crippen LogP contribution in [-0.2, 0) is 6.42 Å². The molecule has 2 aromatic carbocycles. The summed E-state index contributed by atoms with van der Waals surface area (Å²) >= 11 is 0. The summed E-state index contributed by atoms with van der Waals surface area (Å²) in [5, 5.41) is 3.39. The minimum atomic E-state index is -1.68. The number of benzene rings is 2. The molecule has 1 heteroatoms. The van der Waals surface area contributed by atoms with Crippen LogP contribution in [0, 0.1) is 0 Å².